The van der Waals surface area contributed by atoms with Crippen LogP contribution in [0.5, 0.6) is 0 Å². The van der Waals surface area contributed by atoms with Crippen molar-refractivity contribution in [2.45, 2.75) is 21.1 Å². The average Bonchev–Trinajstić information content (AvgIpc) is 2.99. The van der Waals surface area contributed by atoms with E-state index in [1.807, 2.05) is 4.90 Å². The number of sulfonamides is 2. The Morgan fingerprint density at radius 3 is 2.42 bits per heavy atom. The number of anilines is 1. The molecule has 1 N–H and O–H groups in total. The molecule has 10 nitrogen and oxygen atoms in total. The summed E-state index contributed by atoms with van der Waals surface area (Å²) in [5.41, 5.74) is 0.465. The smallest absolute Gasteiger partial charge is 0.286 e. The summed E-state index contributed by atoms with van der Waals surface area (Å²) in [6.07, 6.45) is 1.56. The molecule has 2 aliphatic heterocycles. The summed E-state index contributed by atoms with van der Waals surface area (Å²) in [4.78, 5) is 1.94. The minimum absolute atomic E-state index is 0.0529. The Morgan fingerprint density at radius 1 is 0.939 bits per heavy atom. The lowest BCUT2D eigenvalue weighted by Gasteiger charge is -2.24. The van der Waals surface area contributed by atoms with Crippen LogP contribution in [-0.2, 0) is 29.9 Å². The molecule has 0 amide bonds. The monoisotopic (exact) mass is 512 g/mol. The Balaban J connectivity index is 1.48. The third-order valence-electron chi connectivity index (χ3n) is 5.47. The van der Waals surface area contributed by atoms with Crippen molar-refractivity contribution in [1.29, 1.82) is 0 Å². The molecule has 0 unspecified atom stereocenters. The number of hydrogen-bond acceptors (Lipinski definition) is 8. The van der Waals surface area contributed by atoms with Crippen molar-refractivity contribution in [3.8, 4) is 0 Å². The number of sulfone groups is 1. The van der Waals surface area contributed by atoms with E-state index in [1.165, 1.54) is 34.6 Å². The summed E-state index contributed by atoms with van der Waals surface area (Å²) in [6, 6.07) is 11.9. The lowest BCUT2D eigenvalue weighted by Crippen LogP contribution is -2.39. The van der Waals surface area contributed by atoms with E-state index < -0.39 is 29.9 Å². The molecule has 2 aromatic rings. The summed E-state index contributed by atoms with van der Waals surface area (Å²) in [5, 5.41) is 3.05. The summed E-state index contributed by atoms with van der Waals surface area (Å²) >= 11 is 0. The molecule has 2 heterocycles. The molecule has 0 saturated carbocycles. The molecule has 1 fully saturated rings. The molecule has 2 aliphatic rings. The van der Waals surface area contributed by atoms with Crippen molar-refractivity contribution in [1.82, 2.24) is 9.21 Å². The minimum Gasteiger partial charge on any atom is -0.341 e. The first-order valence-electron chi connectivity index (χ1n) is 10.2. The van der Waals surface area contributed by atoms with Crippen LogP contribution in [0, 0.1) is 0 Å². The fraction of sp³-hybridized carbons (Fsp3) is 0.350. The van der Waals surface area contributed by atoms with Crippen LogP contribution in [-0.4, -0.2) is 79.3 Å². The zero-order chi connectivity index (χ0) is 23.9. The van der Waals surface area contributed by atoms with Crippen LogP contribution in [0.3, 0.4) is 0 Å². The van der Waals surface area contributed by atoms with Gasteiger partial charge in [0.25, 0.3) is 10.0 Å². The van der Waals surface area contributed by atoms with Gasteiger partial charge in [0, 0.05) is 25.9 Å². The number of benzene rings is 2. The summed E-state index contributed by atoms with van der Waals surface area (Å²) < 4.78 is 80.0. The highest BCUT2D eigenvalue weighted by atomic mass is 32.2. The average molecular weight is 513 g/mol. The lowest BCUT2D eigenvalue weighted by molar-refractivity contribution is 0.324. The summed E-state index contributed by atoms with van der Waals surface area (Å²) in [5.74, 6) is 0.283. The quantitative estimate of drug-likeness (QED) is 0.627. The molecule has 13 heteroatoms. The van der Waals surface area contributed by atoms with Gasteiger partial charge in [0.15, 0.2) is 9.84 Å². The molecular weight excluding hydrogens is 488 g/mol. The maximum Gasteiger partial charge on any atom is 0.286 e. The predicted octanol–water partition coefficient (Wildman–Crippen LogP) is 0.999. The van der Waals surface area contributed by atoms with Crippen molar-refractivity contribution in [3.63, 3.8) is 0 Å². The predicted molar refractivity (Wildman–Crippen MR) is 124 cm³/mol. The van der Waals surface area contributed by atoms with Crippen LogP contribution in [0.4, 0.5) is 5.69 Å². The summed E-state index contributed by atoms with van der Waals surface area (Å²) in [6.45, 7) is 1.60. The fourth-order valence-corrected chi connectivity index (χ4v) is 7.20. The zero-order valence-electron chi connectivity index (χ0n) is 17.9. The third-order valence-corrected chi connectivity index (χ3v) is 9.84. The van der Waals surface area contributed by atoms with E-state index >= 15 is 0 Å². The second kappa shape index (κ2) is 8.80. The van der Waals surface area contributed by atoms with Crippen molar-refractivity contribution in [3.05, 3.63) is 48.5 Å². The lowest BCUT2D eigenvalue weighted by atomic mass is 10.3. The van der Waals surface area contributed by atoms with Crippen molar-refractivity contribution < 1.29 is 25.3 Å². The molecule has 1 saturated heterocycles. The Morgan fingerprint density at radius 2 is 1.67 bits per heavy atom. The van der Waals surface area contributed by atoms with Gasteiger partial charge in [0.05, 0.1) is 22.0 Å². The highest BCUT2D eigenvalue weighted by Gasteiger charge is 2.29. The first-order valence-corrected chi connectivity index (χ1v) is 15.0. The van der Waals surface area contributed by atoms with Gasteiger partial charge in [-0.2, -0.15) is 12.7 Å². The summed E-state index contributed by atoms with van der Waals surface area (Å²) in [7, 11) is -11.2. The van der Waals surface area contributed by atoms with E-state index in [-0.39, 0.29) is 40.2 Å². The third kappa shape index (κ3) is 5.11. The van der Waals surface area contributed by atoms with E-state index in [0.29, 0.717) is 25.2 Å². The van der Waals surface area contributed by atoms with Gasteiger partial charge in [0.2, 0.25) is 10.0 Å². The van der Waals surface area contributed by atoms with Crippen molar-refractivity contribution >= 4 is 41.4 Å². The van der Waals surface area contributed by atoms with Gasteiger partial charge in [-0.05, 0) is 43.3 Å². The topological polar surface area (TPSA) is 133 Å². The largest absolute Gasteiger partial charge is 0.341 e. The highest BCUT2D eigenvalue weighted by molar-refractivity contribution is 7.91. The van der Waals surface area contributed by atoms with E-state index in [2.05, 4.69) is 9.71 Å². The molecule has 4 rings (SSSR count). The van der Waals surface area contributed by atoms with Gasteiger partial charge in [-0.3, -0.25) is 4.90 Å². The molecule has 0 aromatic heterocycles. The fourth-order valence-electron chi connectivity index (χ4n) is 3.81. The van der Waals surface area contributed by atoms with Gasteiger partial charge in [-0.1, -0.05) is 18.2 Å². The van der Waals surface area contributed by atoms with Crippen LogP contribution in [0.1, 0.15) is 6.42 Å². The van der Waals surface area contributed by atoms with Gasteiger partial charge in [0.1, 0.15) is 10.7 Å². The maximum atomic E-state index is 13.1. The maximum absolute atomic E-state index is 13.1. The molecule has 0 aliphatic carbocycles. The van der Waals surface area contributed by atoms with Crippen LogP contribution < -0.4 is 5.32 Å². The Kier molecular flexibility index (Phi) is 6.35. The molecular formula is C20H24N4O6S3. The Hall–Kier alpha value is -2.32. The minimum atomic E-state index is -3.88. The molecule has 33 heavy (non-hydrogen) atoms. The van der Waals surface area contributed by atoms with Crippen LogP contribution in [0.25, 0.3) is 0 Å². The van der Waals surface area contributed by atoms with Gasteiger partial charge in [-0.25, -0.2) is 16.8 Å². The van der Waals surface area contributed by atoms with Crippen LogP contribution in [0.2, 0.25) is 0 Å². The number of hydrogen-bond donors (Lipinski definition) is 1. The number of para-hydroxylation sites is 1. The molecule has 0 spiro atoms. The number of nitrogens with one attached hydrogen (secondary N) is 1. The molecule has 178 valence electrons. The van der Waals surface area contributed by atoms with E-state index in [4.69, 9.17) is 0 Å². The number of fused-ring (bicyclic) bond motifs is 1. The van der Waals surface area contributed by atoms with Gasteiger partial charge >= 0.3 is 0 Å². The standard InChI is InChI=1S/C20H24N4O6S3/c1-31(25,26)16-6-4-7-17(14-16)33(29,30)24-11-5-10-23(12-13-24)15-20-21-18-8-2-3-9-19(18)32(27,28)22-20/h2-4,6-9,14H,5,10-13,15H2,1H3,(H,21,22). The molecule has 0 radical (unpaired) electrons. The Labute approximate surface area is 194 Å². The van der Waals surface area contributed by atoms with E-state index in [1.54, 1.807) is 18.2 Å². The number of amidine groups is 1. The highest BCUT2D eigenvalue weighted by Crippen LogP contribution is 2.27. The first-order chi connectivity index (χ1) is 15.5. The number of rotatable bonds is 5. The first kappa shape index (κ1) is 23.8. The second-order valence-corrected chi connectivity index (χ2v) is 13.4. The molecule has 2 aromatic carbocycles. The second-order valence-electron chi connectivity index (χ2n) is 7.92. The zero-order valence-corrected chi connectivity index (χ0v) is 20.3. The van der Waals surface area contributed by atoms with E-state index in [9.17, 15) is 25.3 Å². The van der Waals surface area contributed by atoms with Crippen LogP contribution >= 0.6 is 0 Å². The number of nitrogens with zero attached hydrogens (tertiary/aromatic N) is 3. The van der Waals surface area contributed by atoms with Gasteiger partial charge in [-0.15, -0.1) is 4.40 Å². The molecule has 0 atom stereocenters. The SMILES string of the molecule is CS(=O)(=O)c1cccc(S(=O)(=O)N2CCCN(CC3=NS(=O)(=O)c4ccccc4N3)CC2)c1. The van der Waals surface area contributed by atoms with Crippen molar-refractivity contribution in [2.24, 2.45) is 4.40 Å². The van der Waals surface area contributed by atoms with Crippen molar-refractivity contribution in [2.75, 3.05) is 44.3 Å². The van der Waals surface area contributed by atoms with Crippen LogP contribution in [0.15, 0.2) is 67.6 Å². The molecule has 0 bridgehead atoms. The Bertz CT molecular complexity index is 1420. The van der Waals surface area contributed by atoms with Gasteiger partial charge < -0.3 is 5.32 Å². The van der Waals surface area contributed by atoms with E-state index in [0.717, 1.165) is 6.26 Å². The normalized spacial score (nSPS) is 19.7.